The first-order chi connectivity index (χ1) is 14.1. The molecule has 1 aromatic carbocycles. The summed E-state index contributed by atoms with van der Waals surface area (Å²) in [4.78, 5) is 10.2. The van der Waals surface area contributed by atoms with Crippen molar-refractivity contribution in [1.82, 2.24) is 4.67 Å². The van der Waals surface area contributed by atoms with Crippen LogP contribution < -0.4 is 0 Å². The zero-order chi connectivity index (χ0) is 22.8. The molecule has 1 N–H and O–H groups in total. The van der Waals surface area contributed by atoms with Gasteiger partial charge in [0.15, 0.2) is 0 Å². The molecule has 0 amide bonds. The molecule has 2 atom stereocenters. The topological polar surface area (TPSA) is 49.8 Å². The van der Waals surface area contributed by atoms with E-state index < -0.39 is 7.75 Å². The average molecular weight is 434 g/mol. The van der Waals surface area contributed by atoms with E-state index in [1.807, 2.05) is 31.2 Å². The van der Waals surface area contributed by atoms with Crippen molar-refractivity contribution in [1.29, 1.82) is 0 Å². The number of hydrogen-bond acceptors (Lipinski definition) is 2. The molecule has 2 rings (SSSR count). The van der Waals surface area contributed by atoms with E-state index >= 15 is 0 Å². The first-order valence-electron chi connectivity index (χ1n) is 10.7. The molecule has 0 bridgehead atoms. The van der Waals surface area contributed by atoms with Crippen LogP contribution in [0.2, 0.25) is 0 Å². The summed E-state index contributed by atoms with van der Waals surface area (Å²) < 4.78 is 18.9. The van der Waals surface area contributed by atoms with Crippen molar-refractivity contribution >= 4 is 7.75 Å². The van der Waals surface area contributed by atoms with Crippen molar-refractivity contribution in [3.8, 4) is 0 Å². The van der Waals surface area contributed by atoms with Crippen LogP contribution in [0.4, 0.5) is 0 Å². The van der Waals surface area contributed by atoms with Crippen molar-refractivity contribution in [3.05, 3.63) is 72.4 Å². The molecule has 0 radical (unpaired) electrons. The van der Waals surface area contributed by atoms with Gasteiger partial charge in [-0.1, -0.05) is 87.1 Å². The first kappa shape index (κ1) is 26.6. The molecule has 1 aromatic rings. The van der Waals surface area contributed by atoms with E-state index in [0.717, 1.165) is 19.3 Å². The van der Waals surface area contributed by atoms with Gasteiger partial charge in [-0.15, -0.1) is 0 Å². The highest BCUT2D eigenvalue weighted by Crippen LogP contribution is 2.56. The average Bonchev–Trinajstić information content (AvgIpc) is 2.68. The molecule has 168 valence electrons. The summed E-state index contributed by atoms with van der Waals surface area (Å²) in [6.07, 6.45) is 13.7. The summed E-state index contributed by atoms with van der Waals surface area (Å²) in [7, 11) is -0.713. The number of allylic oxidation sites excluding steroid dienone is 5. The molecule has 4 nitrogen and oxygen atoms in total. The normalized spacial score (nSPS) is 18.7. The standard InChI is InChI=1S/C18H30NO3P.C7H10/c1-14(2)13-17(19(4)23(20,21)22-5)18(11-6-12-18)16-9-7-15(3)8-10-16;1-3-5-7-6-4-2/h7-10,14,17H,6,11-13H2,1-5H3,(H,20,21);3-7H,1H2,2H3/b;6-4-,7-5-. The monoisotopic (exact) mass is 433 g/mol. The third kappa shape index (κ3) is 7.06. The van der Waals surface area contributed by atoms with Gasteiger partial charge < -0.3 is 9.42 Å². The van der Waals surface area contributed by atoms with E-state index in [1.165, 1.54) is 24.7 Å². The molecular formula is C25H40NO3P. The predicted octanol–water partition coefficient (Wildman–Crippen LogP) is 6.81. The van der Waals surface area contributed by atoms with Crippen LogP contribution in [0, 0.1) is 12.8 Å². The van der Waals surface area contributed by atoms with E-state index in [1.54, 1.807) is 17.8 Å². The minimum absolute atomic E-state index is 0.00487. The molecule has 5 heteroatoms. The van der Waals surface area contributed by atoms with Gasteiger partial charge in [0.05, 0.1) is 0 Å². The fraction of sp³-hybridized carbons (Fsp3) is 0.520. The van der Waals surface area contributed by atoms with Gasteiger partial charge in [-0.3, -0.25) is 0 Å². The van der Waals surface area contributed by atoms with E-state index in [-0.39, 0.29) is 11.5 Å². The number of benzene rings is 1. The molecule has 0 spiro atoms. The fourth-order valence-corrected chi connectivity index (χ4v) is 4.92. The molecule has 0 heterocycles. The summed E-state index contributed by atoms with van der Waals surface area (Å²) in [5.41, 5.74) is 2.47. The Kier molecular flexibility index (Phi) is 11.0. The second kappa shape index (κ2) is 12.4. The van der Waals surface area contributed by atoms with Crippen LogP contribution in [0.1, 0.15) is 57.6 Å². The zero-order valence-corrected chi connectivity index (χ0v) is 20.4. The predicted molar refractivity (Wildman–Crippen MR) is 129 cm³/mol. The summed E-state index contributed by atoms with van der Waals surface area (Å²) in [5.74, 6) is 0.447. The Morgan fingerprint density at radius 1 is 1.23 bits per heavy atom. The molecule has 1 aliphatic carbocycles. The van der Waals surface area contributed by atoms with Gasteiger partial charge in [0.25, 0.3) is 0 Å². The van der Waals surface area contributed by atoms with Gasteiger partial charge in [-0.05, 0) is 51.6 Å². The number of hydrogen-bond donors (Lipinski definition) is 1. The Hall–Kier alpha value is -1.45. The fourth-order valence-electron chi connectivity index (χ4n) is 4.00. The summed E-state index contributed by atoms with van der Waals surface area (Å²) >= 11 is 0. The van der Waals surface area contributed by atoms with Gasteiger partial charge in [0.1, 0.15) is 0 Å². The van der Waals surface area contributed by atoms with E-state index in [4.69, 9.17) is 4.52 Å². The SMILES string of the molecule is C=C/C=C\C=C/C.COP(=O)(O)N(C)C(CC(C)C)C1(c2ccc(C)cc2)CCC1. The van der Waals surface area contributed by atoms with E-state index in [2.05, 4.69) is 51.6 Å². The lowest BCUT2D eigenvalue weighted by molar-refractivity contribution is 0.0889. The van der Waals surface area contributed by atoms with Crippen LogP contribution in [0.25, 0.3) is 0 Å². The van der Waals surface area contributed by atoms with Crippen LogP contribution in [-0.4, -0.2) is 29.8 Å². The van der Waals surface area contributed by atoms with Crippen LogP contribution in [0.15, 0.2) is 61.2 Å². The van der Waals surface area contributed by atoms with Crippen LogP contribution in [0.3, 0.4) is 0 Å². The maximum atomic E-state index is 12.4. The van der Waals surface area contributed by atoms with Gasteiger partial charge >= 0.3 is 7.75 Å². The van der Waals surface area contributed by atoms with Crippen LogP contribution in [0.5, 0.6) is 0 Å². The lowest BCUT2D eigenvalue weighted by atomic mass is 9.59. The molecule has 0 saturated heterocycles. The second-order valence-corrected chi connectivity index (χ2v) is 10.4. The largest absolute Gasteiger partial charge is 0.405 e. The smallest absolute Gasteiger partial charge is 0.312 e. The molecular weight excluding hydrogens is 393 g/mol. The molecule has 0 aromatic heterocycles. The van der Waals surface area contributed by atoms with Crippen molar-refractivity contribution in [2.75, 3.05) is 14.2 Å². The second-order valence-electron chi connectivity index (χ2n) is 8.41. The Morgan fingerprint density at radius 3 is 2.23 bits per heavy atom. The van der Waals surface area contributed by atoms with Crippen molar-refractivity contribution in [2.24, 2.45) is 5.92 Å². The first-order valence-corrected chi connectivity index (χ1v) is 12.3. The molecule has 0 aliphatic heterocycles. The molecule has 1 aliphatic rings. The van der Waals surface area contributed by atoms with E-state index in [9.17, 15) is 9.46 Å². The number of nitrogens with zero attached hydrogens (tertiary/aromatic N) is 1. The third-order valence-electron chi connectivity index (χ3n) is 5.84. The van der Waals surface area contributed by atoms with Crippen molar-refractivity contribution < 1.29 is 14.0 Å². The molecule has 1 saturated carbocycles. The highest BCUT2D eigenvalue weighted by Gasteiger charge is 2.50. The Bertz CT molecular complexity index is 748. The minimum Gasteiger partial charge on any atom is -0.312 e. The van der Waals surface area contributed by atoms with Gasteiger partial charge in [-0.2, -0.15) is 0 Å². The van der Waals surface area contributed by atoms with Crippen LogP contribution in [-0.2, 0) is 14.5 Å². The maximum absolute atomic E-state index is 12.4. The van der Waals surface area contributed by atoms with Crippen molar-refractivity contribution in [3.63, 3.8) is 0 Å². The molecule has 1 fully saturated rings. The minimum atomic E-state index is -3.75. The summed E-state index contributed by atoms with van der Waals surface area (Å²) in [5, 5.41) is 0. The van der Waals surface area contributed by atoms with Gasteiger partial charge in [-0.25, -0.2) is 9.24 Å². The molecule has 30 heavy (non-hydrogen) atoms. The van der Waals surface area contributed by atoms with Gasteiger partial charge in [0.2, 0.25) is 0 Å². The number of rotatable bonds is 9. The van der Waals surface area contributed by atoms with E-state index in [0.29, 0.717) is 5.92 Å². The summed E-state index contributed by atoms with van der Waals surface area (Å²) in [6, 6.07) is 8.64. The maximum Gasteiger partial charge on any atom is 0.405 e. The highest BCUT2D eigenvalue weighted by molar-refractivity contribution is 7.50. The van der Waals surface area contributed by atoms with Crippen molar-refractivity contribution in [2.45, 2.75) is 64.8 Å². The summed E-state index contributed by atoms with van der Waals surface area (Å²) in [6.45, 7) is 11.9. The Balaban J connectivity index is 0.000000553. The third-order valence-corrected chi connectivity index (χ3v) is 7.39. The Labute approximate surface area is 183 Å². The molecule has 2 unspecified atom stereocenters. The number of likely N-dealkylation sites (N-methyl/N-ethyl adjacent to an activating group) is 1. The van der Waals surface area contributed by atoms with Gasteiger partial charge in [0, 0.05) is 18.6 Å². The quantitative estimate of drug-likeness (QED) is 0.343. The Morgan fingerprint density at radius 2 is 1.83 bits per heavy atom. The lowest BCUT2D eigenvalue weighted by Crippen LogP contribution is -2.53. The highest BCUT2D eigenvalue weighted by atomic mass is 31.2. The lowest BCUT2D eigenvalue weighted by Gasteiger charge is -2.52. The number of aryl methyl sites for hydroxylation is 1. The van der Waals surface area contributed by atoms with Crippen LogP contribution >= 0.6 is 7.75 Å². The zero-order valence-electron chi connectivity index (χ0n) is 19.5.